The van der Waals surface area contributed by atoms with Gasteiger partial charge >= 0.3 is 0 Å². The van der Waals surface area contributed by atoms with Crippen molar-refractivity contribution in [1.29, 1.82) is 0 Å². The lowest BCUT2D eigenvalue weighted by molar-refractivity contribution is -0.115. The van der Waals surface area contributed by atoms with Crippen LogP contribution in [0.4, 0.5) is 11.4 Å². The van der Waals surface area contributed by atoms with Gasteiger partial charge in [0.15, 0.2) is 9.84 Å². The van der Waals surface area contributed by atoms with Crippen molar-refractivity contribution in [3.63, 3.8) is 0 Å². The van der Waals surface area contributed by atoms with Crippen LogP contribution in [0.1, 0.15) is 10.6 Å². The van der Waals surface area contributed by atoms with Crippen LogP contribution in [-0.2, 0) is 21.1 Å². The summed E-state index contributed by atoms with van der Waals surface area (Å²) in [6.45, 7) is 3.03. The second-order valence-corrected chi connectivity index (χ2v) is 10.2. The molecule has 150 valence electrons. The van der Waals surface area contributed by atoms with Crippen LogP contribution < -0.4 is 10.2 Å². The molecule has 0 saturated carbocycles. The molecule has 4 rings (SSSR count). The van der Waals surface area contributed by atoms with Gasteiger partial charge in [0.05, 0.1) is 22.1 Å². The molecule has 2 heterocycles. The Morgan fingerprint density at radius 2 is 1.97 bits per heavy atom. The Bertz CT molecular complexity index is 1170. The molecular weight excluding hydrogens is 406 g/mol. The largest absolute Gasteiger partial charge is 0.362 e. The maximum absolute atomic E-state index is 12.5. The van der Waals surface area contributed by atoms with E-state index in [0.29, 0.717) is 5.69 Å². The van der Waals surface area contributed by atoms with Gasteiger partial charge in [0.25, 0.3) is 0 Å². The third kappa shape index (κ3) is 4.33. The molecule has 0 aliphatic carbocycles. The van der Waals surface area contributed by atoms with Gasteiger partial charge in [0, 0.05) is 35.1 Å². The van der Waals surface area contributed by atoms with Crippen molar-refractivity contribution in [2.45, 2.75) is 18.2 Å². The van der Waals surface area contributed by atoms with Gasteiger partial charge in [-0.25, -0.2) is 13.4 Å². The summed E-state index contributed by atoms with van der Waals surface area (Å²) < 4.78 is 23.1. The third-order valence-corrected chi connectivity index (χ3v) is 6.79. The van der Waals surface area contributed by atoms with E-state index in [0.717, 1.165) is 41.2 Å². The van der Waals surface area contributed by atoms with Gasteiger partial charge in [-0.3, -0.25) is 4.79 Å². The minimum Gasteiger partial charge on any atom is -0.362 e. The number of nitrogens with one attached hydrogen (secondary N) is 1. The van der Waals surface area contributed by atoms with E-state index in [-0.39, 0.29) is 17.3 Å². The minimum absolute atomic E-state index is 0.135. The molecule has 8 heteroatoms. The van der Waals surface area contributed by atoms with Gasteiger partial charge in [-0.2, -0.15) is 0 Å². The number of thiazole rings is 1. The van der Waals surface area contributed by atoms with E-state index in [4.69, 9.17) is 0 Å². The molecule has 1 aromatic heterocycles. The fourth-order valence-electron chi connectivity index (χ4n) is 3.45. The standard InChI is InChI=1S/C21H21N3O3S2/c1-14-22-19(13-28-14)15-3-8-20-16(11-15)9-10-24(20)12-21(25)23-17-4-6-18(7-5-17)29(2,26)27/h3-8,11,13H,9-10,12H2,1-2H3,(H,23,25). The van der Waals surface area contributed by atoms with Gasteiger partial charge in [0.2, 0.25) is 5.91 Å². The molecule has 0 radical (unpaired) electrons. The normalized spacial score (nSPS) is 13.4. The number of carbonyl (C=O) groups excluding carboxylic acids is 1. The van der Waals surface area contributed by atoms with E-state index < -0.39 is 9.84 Å². The average Bonchev–Trinajstić information content (AvgIpc) is 3.27. The smallest absolute Gasteiger partial charge is 0.243 e. The zero-order valence-electron chi connectivity index (χ0n) is 16.2. The van der Waals surface area contributed by atoms with E-state index in [1.165, 1.54) is 17.7 Å². The number of nitrogens with zero attached hydrogens (tertiary/aromatic N) is 2. The highest BCUT2D eigenvalue weighted by Gasteiger charge is 2.22. The number of amides is 1. The monoisotopic (exact) mass is 427 g/mol. The maximum atomic E-state index is 12.5. The van der Waals surface area contributed by atoms with Crippen LogP contribution >= 0.6 is 11.3 Å². The Morgan fingerprint density at radius 3 is 2.62 bits per heavy atom. The average molecular weight is 428 g/mol. The van der Waals surface area contributed by atoms with Crippen molar-refractivity contribution in [1.82, 2.24) is 4.98 Å². The molecule has 29 heavy (non-hydrogen) atoms. The SMILES string of the molecule is Cc1nc(-c2ccc3c(c2)CCN3CC(=O)Nc2ccc(S(C)(=O)=O)cc2)cs1. The Kier molecular flexibility index (Phi) is 5.14. The van der Waals surface area contributed by atoms with Crippen LogP contribution in [0.5, 0.6) is 0 Å². The first kappa shape index (κ1) is 19.6. The lowest BCUT2D eigenvalue weighted by Gasteiger charge is -2.19. The van der Waals surface area contributed by atoms with Crippen LogP contribution in [0.15, 0.2) is 52.7 Å². The predicted octanol–water partition coefficient (Wildman–Crippen LogP) is 3.52. The van der Waals surface area contributed by atoms with Gasteiger partial charge in [-0.15, -0.1) is 11.3 Å². The molecule has 1 aliphatic heterocycles. The number of hydrogen-bond donors (Lipinski definition) is 1. The molecule has 0 atom stereocenters. The van der Waals surface area contributed by atoms with Gasteiger partial charge in [0.1, 0.15) is 0 Å². The Balaban J connectivity index is 1.43. The quantitative estimate of drug-likeness (QED) is 0.674. The lowest BCUT2D eigenvalue weighted by atomic mass is 10.1. The van der Waals surface area contributed by atoms with Gasteiger partial charge < -0.3 is 10.2 Å². The summed E-state index contributed by atoms with van der Waals surface area (Å²) in [6, 6.07) is 12.5. The summed E-state index contributed by atoms with van der Waals surface area (Å²) in [5, 5.41) is 5.94. The molecule has 6 nitrogen and oxygen atoms in total. The number of sulfone groups is 1. The third-order valence-electron chi connectivity index (χ3n) is 4.89. The Hall–Kier alpha value is -2.71. The number of carbonyl (C=O) groups is 1. The van der Waals surface area contributed by atoms with Crippen molar-refractivity contribution >= 4 is 38.5 Å². The van der Waals surface area contributed by atoms with E-state index in [1.807, 2.05) is 13.0 Å². The van der Waals surface area contributed by atoms with Crippen LogP contribution in [0.25, 0.3) is 11.3 Å². The first-order valence-electron chi connectivity index (χ1n) is 9.20. The summed E-state index contributed by atoms with van der Waals surface area (Å²) in [5.41, 5.74) is 4.97. The number of fused-ring (bicyclic) bond motifs is 1. The number of benzene rings is 2. The van der Waals surface area contributed by atoms with Crippen LogP contribution in [0.3, 0.4) is 0 Å². The van der Waals surface area contributed by atoms with Crippen LogP contribution in [-0.4, -0.2) is 38.7 Å². The molecular formula is C21H21N3O3S2. The molecule has 2 aromatic carbocycles. The van der Waals surface area contributed by atoms with Crippen molar-refractivity contribution in [2.24, 2.45) is 0 Å². The van der Waals surface area contributed by atoms with E-state index in [1.54, 1.807) is 23.5 Å². The summed E-state index contributed by atoms with van der Waals surface area (Å²) in [7, 11) is -3.25. The lowest BCUT2D eigenvalue weighted by Crippen LogP contribution is -2.31. The first-order chi connectivity index (χ1) is 13.8. The first-order valence-corrected chi connectivity index (χ1v) is 12.0. The van der Waals surface area contributed by atoms with E-state index in [9.17, 15) is 13.2 Å². The summed E-state index contributed by atoms with van der Waals surface area (Å²) in [4.78, 5) is 19.3. The highest BCUT2D eigenvalue weighted by molar-refractivity contribution is 7.90. The molecule has 3 aromatic rings. The van der Waals surface area contributed by atoms with Crippen molar-refractivity contribution in [3.05, 3.63) is 58.4 Å². The second kappa shape index (κ2) is 7.61. The topological polar surface area (TPSA) is 79.4 Å². The fraction of sp³-hybridized carbons (Fsp3) is 0.238. The molecule has 0 saturated heterocycles. The fourth-order valence-corrected chi connectivity index (χ4v) is 4.70. The number of rotatable bonds is 5. The van der Waals surface area contributed by atoms with Crippen LogP contribution in [0, 0.1) is 6.92 Å². The molecule has 0 bridgehead atoms. The van der Waals surface area contributed by atoms with Crippen molar-refractivity contribution in [2.75, 3.05) is 29.6 Å². The highest BCUT2D eigenvalue weighted by Crippen LogP contribution is 2.32. The molecule has 0 fully saturated rings. The van der Waals surface area contributed by atoms with Crippen molar-refractivity contribution < 1.29 is 13.2 Å². The molecule has 0 spiro atoms. The summed E-state index contributed by atoms with van der Waals surface area (Å²) >= 11 is 1.64. The highest BCUT2D eigenvalue weighted by atomic mass is 32.2. The zero-order valence-corrected chi connectivity index (χ0v) is 17.8. The van der Waals surface area contributed by atoms with Gasteiger partial charge in [-0.05, 0) is 55.3 Å². The maximum Gasteiger partial charge on any atom is 0.243 e. The van der Waals surface area contributed by atoms with Crippen LogP contribution in [0.2, 0.25) is 0 Å². The van der Waals surface area contributed by atoms with Crippen molar-refractivity contribution in [3.8, 4) is 11.3 Å². The van der Waals surface area contributed by atoms with E-state index >= 15 is 0 Å². The molecule has 0 unspecified atom stereocenters. The molecule has 1 aliphatic rings. The zero-order chi connectivity index (χ0) is 20.6. The summed E-state index contributed by atoms with van der Waals surface area (Å²) in [5.74, 6) is -0.135. The number of hydrogen-bond acceptors (Lipinski definition) is 6. The molecule has 1 amide bonds. The summed E-state index contributed by atoms with van der Waals surface area (Å²) in [6.07, 6.45) is 2.05. The van der Waals surface area contributed by atoms with Gasteiger partial charge in [-0.1, -0.05) is 6.07 Å². The molecule has 1 N–H and O–H groups in total. The number of aryl methyl sites for hydroxylation is 1. The Morgan fingerprint density at radius 1 is 1.21 bits per heavy atom. The Labute approximate surface area is 174 Å². The predicted molar refractivity (Wildman–Crippen MR) is 116 cm³/mol. The second-order valence-electron chi connectivity index (χ2n) is 7.11. The number of anilines is 2. The number of aromatic nitrogens is 1. The van der Waals surface area contributed by atoms with E-state index in [2.05, 4.69) is 32.7 Å². The minimum atomic E-state index is -3.25.